The molecule has 19 heavy (non-hydrogen) atoms. The van der Waals surface area contributed by atoms with Crippen molar-refractivity contribution in [2.75, 3.05) is 0 Å². The number of para-hydroxylation sites is 1. The predicted molar refractivity (Wildman–Crippen MR) is 69.3 cm³/mol. The van der Waals surface area contributed by atoms with Gasteiger partial charge in [0.2, 0.25) is 0 Å². The molecule has 1 aromatic rings. The largest absolute Gasteiger partial charge is 0.504 e. The van der Waals surface area contributed by atoms with Crippen LogP contribution in [-0.2, 0) is 0 Å². The normalized spacial score (nSPS) is 14.7. The van der Waals surface area contributed by atoms with E-state index in [1.807, 2.05) is 0 Å². The Kier molecular flexibility index (Phi) is 4.21. The van der Waals surface area contributed by atoms with E-state index in [1.54, 1.807) is 13.8 Å². The second-order valence-electron chi connectivity index (χ2n) is 4.30. The fraction of sp³-hybridized carbons (Fsp3) is 0.333. The predicted octanol–water partition coefficient (Wildman–Crippen LogP) is 0.743. The minimum Gasteiger partial charge on any atom is -0.504 e. The quantitative estimate of drug-likeness (QED) is 0.181. The van der Waals surface area contributed by atoms with Gasteiger partial charge in [-0.3, -0.25) is 4.79 Å². The van der Waals surface area contributed by atoms with Gasteiger partial charge in [-0.2, -0.15) is 0 Å². The van der Waals surface area contributed by atoms with Crippen molar-refractivity contribution < 1.29 is 20.2 Å². The van der Waals surface area contributed by atoms with Crippen LogP contribution >= 0.6 is 0 Å². The van der Waals surface area contributed by atoms with Crippen LogP contribution in [0.4, 0.5) is 0 Å². The number of rotatable bonds is 4. The maximum absolute atomic E-state index is 12.0. The van der Waals surface area contributed by atoms with E-state index >= 15 is 0 Å². The summed E-state index contributed by atoms with van der Waals surface area (Å²) in [6, 6.07) is 4.04. The van der Waals surface area contributed by atoms with Crippen LogP contribution < -0.4 is 11.1 Å². The summed E-state index contributed by atoms with van der Waals surface area (Å²) in [4.78, 5) is 12.0. The summed E-state index contributed by atoms with van der Waals surface area (Å²) >= 11 is 0. The Morgan fingerprint density at radius 1 is 1.47 bits per heavy atom. The lowest BCUT2D eigenvalue weighted by Crippen LogP contribution is -2.55. The molecule has 0 heterocycles. The number of nitrogens with zero attached hydrogens (tertiary/aromatic N) is 1. The van der Waals surface area contributed by atoms with Crippen LogP contribution in [0.25, 0.3) is 0 Å². The van der Waals surface area contributed by atoms with Gasteiger partial charge in [0.05, 0.1) is 11.1 Å². The zero-order valence-corrected chi connectivity index (χ0v) is 10.7. The van der Waals surface area contributed by atoms with E-state index in [4.69, 9.17) is 10.9 Å². The third-order valence-electron chi connectivity index (χ3n) is 3.03. The molecule has 0 spiro atoms. The number of phenols is 2. The van der Waals surface area contributed by atoms with Crippen LogP contribution in [0.3, 0.4) is 0 Å². The molecule has 0 bridgehead atoms. The Morgan fingerprint density at radius 3 is 2.63 bits per heavy atom. The van der Waals surface area contributed by atoms with E-state index in [2.05, 4.69) is 10.5 Å². The van der Waals surface area contributed by atoms with Crippen molar-refractivity contribution >= 4 is 11.7 Å². The van der Waals surface area contributed by atoms with Gasteiger partial charge in [-0.25, -0.2) is 0 Å². The number of amides is 1. The average molecular weight is 267 g/mol. The number of nitrogens with two attached hydrogens (primary N) is 1. The van der Waals surface area contributed by atoms with Gasteiger partial charge in [0.15, 0.2) is 17.3 Å². The first-order valence-corrected chi connectivity index (χ1v) is 5.67. The smallest absolute Gasteiger partial charge is 0.255 e. The number of oxime groups is 1. The van der Waals surface area contributed by atoms with Crippen molar-refractivity contribution in [1.29, 1.82) is 0 Å². The highest BCUT2D eigenvalue weighted by molar-refractivity contribution is 6.02. The van der Waals surface area contributed by atoms with Crippen molar-refractivity contribution in [3.05, 3.63) is 23.8 Å². The van der Waals surface area contributed by atoms with Crippen molar-refractivity contribution in [2.24, 2.45) is 10.9 Å². The van der Waals surface area contributed by atoms with Crippen LogP contribution in [0, 0.1) is 0 Å². The molecule has 1 amide bonds. The first-order valence-electron chi connectivity index (χ1n) is 5.67. The standard InChI is InChI=1S/C12H17N3O4/c1-3-12(2,11(13)15-19)14-10(18)7-5-4-6-8(16)9(7)17/h4-6,16-17,19H,3H2,1-2H3,(H2,13,15)(H,14,18). The number of benzene rings is 1. The molecule has 0 fully saturated rings. The van der Waals surface area contributed by atoms with Gasteiger partial charge in [0, 0.05) is 0 Å². The van der Waals surface area contributed by atoms with Crippen LogP contribution in [0.2, 0.25) is 0 Å². The van der Waals surface area contributed by atoms with Gasteiger partial charge in [-0.05, 0) is 25.5 Å². The molecule has 1 atom stereocenters. The van der Waals surface area contributed by atoms with Crippen LogP contribution in [0.5, 0.6) is 11.5 Å². The molecule has 1 unspecified atom stereocenters. The zero-order chi connectivity index (χ0) is 14.6. The Balaban J connectivity index is 3.05. The summed E-state index contributed by atoms with van der Waals surface area (Å²) in [6.45, 7) is 3.33. The lowest BCUT2D eigenvalue weighted by molar-refractivity contribution is 0.0921. The minimum absolute atomic E-state index is 0.0922. The first kappa shape index (κ1) is 14.6. The number of phenolic OH excluding ortho intramolecular Hbond substituents is 2. The van der Waals surface area contributed by atoms with Crippen molar-refractivity contribution in [3.63, 3.8) is 0 Å². The molecule has 0 saturated carbocycles. The SMILES string of the molecule is CCC(C)(NC(=O)c1cccc(O)c1O)/C(N)=N/O. The summed E-state index contributed by atoms with van der Waals surface area (Å²) < 4.78 is 0. The van der Waals surface area contributed by atoms with E-state index in [0.717, 1.165) is 0 Å². The first-order chi connectivity index (χ1) is 8.85. The zero-order valence-electron chi connectivity index (χ0n) is 10.7. The number of hydrogen-bond acceptors (Lipinski definition) is 5. The van der Waals surface area contributed by atoms with Crippen LogP contribution in [0.1, 0.15) is 30.6 Å². The highest BCUT2D eigenvalue weighted by atomic mass is 16.4. The third kappa shape index (κ3) is 2.87. The van der Waals surface area contributed by atoms with Gasteiger partial charge in [-0.1, -0.05) is 18.1 Å². The third-order valence-corrected chi connectivity index (χ3v) is 3.03. The summed E-state index contributed by atoms with van der Waals surface area (Å²) in [5.41, 5.74) is 4.39. The van der Waals surface area contributed by atoms with Gasteiger partial charge < -0.3 is 26.5 Å². The number of nitrogens with one attached hydrogen (secondary N) is 1. The maximum atomic E-state index is 12.0. The topological polar surface area (TPSA) is 128 Å². The molecule has 0 saturated heterocycles. The van der Waals surface area contributed by atoms with Crippen molar-refractivity contribution in [1.82, 2.24) is 5.32 Å². The van der Waals surface area contributed by atoms with Crippen LogP contribution in [-0.4, -0.2) is 32.7 Å². The summed E-state index contributed by atoms with van der Waals surface area (Å²) in [5.74, 6) is -1.69. The van der Waals surface area contributed by atoms with Crippen LogP contribution in [0.15, 0.2) is 23.4 Å². The van der Waals surface area contributed by atoms with Gasteiger partial charge in [-0.15, -0.1) is 0 Å². The molecule has 7 heteroatoms. The minimum atomic E-state index is -1.05. The lowest BCUT2D eigenvalue weighted by atomic mass is 9.96. The molecule has 104 valence electrons. The van der Waals surface area contributed by atoms with E-state index in [9.17, 15) is 15.0 Å². The van der Waals surface area contributed by atoms with Crippen molar-refractivity contribution in [2.45, 2.75) is 25.8 Å². The maximum Gasteiger partial charge on any atom is 0.255 e. The second kappa shape index (κ2) is 5.47. The number of aromatic hydroxyl groups is 2. The highest BCUT2D eigenvalue weighted by Gasteiger charge is 2.30. The Morgan fingerprint density at radius 2 is 2.11 bits per heavy atom. The molecule has 1 rings (SSSR count). The lowest BCUT2D eigenvalue weighted by Gasteiger charge is -2.28. The average Bonchev–Trinajstić information content (AvgIpc) is 2.40. The van der Waals surface area contributed by atoms with E-state index in [1.165, 1.54) is 18.2 Å². The molecular formula is C12H17N3O4. The fourth-order valence-corrected chi connectivity index (χ4v) is 1.48. The van der Waals surface area contributed by atoms with E-state index in [0.29, 0.717) is 6.42 Å². The molecule has 7 nitrogen and oxygen atoms in total. The molecule has 0 aliphatic rings. The molecule has 6 N–H and O–H groups in total. The molecule has 0 radical (unpaired) electrons. The molecule has 0 aliphatic heterocycles. The molecule has 0 aromatic heterocycles. The second-order valence-corrected chi connectivity index (χ2v) is 4.30. The molecule has 1 aromatic carbocycles. The monoisotopic (exact) mass is 267 g/mol. The summed E-state index contributed by atoms with van der Waals surface area (Å²) in [7, 11) is 0. The number of amidine groups is 1. The number of carbonyl (C=O) groups is 1. The molecular weight excluding hydrogens is 250 g/mol. The van der Waals surface area contributed by atoms with E-state index < -0.39 is 22.9 Å². The Bertz CT molecular complexity index is 516. The van der Waals surface area contributed by atoms with Crippen molar-refractivity contribution in [3.8, 4) is 11.5 Å². The number of hydrogen-bond donors (Lipinski definition) is 5. The highest BCUT2D eigenvalue weighted by Crippen LogP contribution is 2.28. The Hall–Kier alpha value is -2.44. The summed E-state index contributed by atoms with van der Waals surface area (Å²) in [5, 5.41) is 33.1. The fourth-order valence-electron chi connectivity index (χ4n) is 1.48. The van der Waals surface area contributed by atoms with Gasteiger partial charge in [0.1, 0.15) is 0 Å². The van der Waals surface area contributed by atoms with Gasteiger partial charge >= 0.3 is 0 Å². The van der Waals surface area contributed by atoms with Gasteiger partial charge in [0.25, 0.3) is 5.91 Å². The summed E-state index contributed by atoms with van der Waals surface area (Å²) in [6.07, 6.45) is 0.383. The Labute approximate surface area is 110 Å². The molecule has 0 aliphatic carbocycles. The number of carbonyl (C=O) groups excluding carboxylic acids is 1. The van der Waals surface area contributed by atoms with E-state index in [-0.39, 0.29) is 11.4 Å².